The van der Waals surface area contributed by atoms with Gasteiger partial charge in [-0.25, -0.2) is 0 Å². The van der Waals surface area contributed by atoms with Gasteiger partial charge in [0.15, 0.2) is 0 Å². The largest absolute Gasteiger partial charge is 0.481 e. The molecular weight excluding hydrogens is 548 g/mol. The van der Waals surface area contributed by atoms with Crippen LogP contribution in [0.4, 0.5) is 5.69 Å². The number of hydrogen-bond acceptors (Lipinski definition) is 7. The Morgan fingerprint density at radius 2 is 1.37 bits per heavy atom. The van der Waals surface area contributed by atoms with E-state index in [0.29, 0.717) is 24.9 Å². The van der Waals surface area contributed by atoms with Gasteiger partial charge in [0.25, 0.3) is 0 Å². The molecule has 234 valence electrons. The minimum Gasteiger partial charge on any atom is -0.481 e. The lowest BCUT2D eigenvalue weighted by molar-refractivity contribution is -0.139. The van der Waals surface area contributed by atoms with Crippen LogP contribution in [0.2, 0.25) is 0 Å². The molecule has 0 radical (unpaired) electrons. The van der Waals surface area contributed by atoms with Gasteiger partial charge in [-0.05, 0) is 74.2 Å². The Hall–Kier alpha value is -4.38. The highest BCUT2D eigenvalue weighted by Crippen LogP contribution is 2.08. The summed E-state index contributed by atoms with van der Waals surface area (Å²) in [6.45, 7) is 3.30. The van der Waals surface area contributed by atoms with Crippen molar-refractivity contribution >= 4 is 29.8 Å². The van der Waals surface area contributed by atoms with E-state index in [1.165, 1.54) is 5.56 Å². The summed E-state index contributed by atoms with van der Waals surface area (Å²) < 4.78 is 0. The summed E-state index contributed by atoms with van der Waals surface area (Å²) in [4.78, 5) is 41.8. The zero-order valence-corrected chi connectivity index (χ0v) is 24.9. The monoisotopic (exact) mass is 594 g/mol. The Morgan fingerprint density at radius 1 is 0.814 bits per heavy atom. The van der Waals surface area contributed by atoms with E-state index >= 15 is 0 Å². The van der Waals surface area contributed by atoms with Gasteiger partial charge in [0.05, 0.1) is 6.42 Å². The second kappa shape index (κ2) is 25.3. The van der Waals surface area contributed by atoms with Gasteiger partial charge in [-0.3, -0.25) is 19.2 Å². The number of amides is 1. The van der Waals surface area contributed by atoms with E-state index < -0.39 is 18.0 Å². The smallest absolute Gasteiger partial charge is 0.320 e. The second-order valence-corrected chi connectivity index (χ2v) is 9.35. The molecular formula is C33H46N4O6. The quantitative estimate of drug-likeness (QED) is 0.124. The van der Waals surface area contributed by atoms with Gasteiger partial charge in [0.2, 0.25) is 5.91 Å². The molecule has 9 N–H and O–H groups in total. The van der Waals surface area contributed by atoms with Crippen molar-refractivity contribution < 1.29 is 29.4 Å². The number of carboxylic acids is 2. The maximum atomic E-state index is 11.2. The summed E-state index contributed by atoms with van der Waals surface area (Å²) >= 11 is 0. The van der Waals surface area contributed by atoms with Crippen molar-refractivity contribution in [1.29, 1.82) is 0 Å². The fourth-order valence-corrected chi connectivity index (χ4v) is 3.31. The second-order valence-electron chi connectivity index (χ2n) is 9.35. The van der Waals surface area contributed by atoms with Gasteiger partial charge in [-0.15, -0.1) is 0 Å². The van der Waals surface area contributed by atoms with E-state index in [9.17, 15) is 19.2 Å². The molecule has 0 heterocycles. The molecule has 1 atom stereocenters. The Labute approximate surface area is 254 Å². The molecule has 43 heavy (non-hydrogen) atoms. The summed E-state index contributed by atoms with van der Waals surface area (Å²) in [5, 5.41) is 19.4. The number of aliphatic carboxylic acids is 2. The number of rotatable bonds is 13. The van der Waals surface area contributed by atoms with E-state index in [-0.39, 0.29) is 12.3 Å². The minimum atomic E-state index is -0.933. The average molecular weight is 595 g/mol. The van der Waals surface area contributed by atoms with Crippen molar-refractivity contribution in [2.45, 2.75) is 57.9 Å². The van der Waals surface area contributed by atoms with Crippen LogP contribution in [0.15, 0.2) is 84.9 Å². The third-order valence-corrected chi connectivity index (χ3v) is 5.57. The van der Waals surface area contributed by atoms with Gasteiger partial charge in [-0.1, -0.05) is 74.0 Å². The van der Waals surface area contributed by atoms with E-state index in [1.54, 1.807) is 36.4 Å². The number of carboxylic acid groups (broad SMARTS) is 2. The minimum absolute atomic E-state index is 0.00588. The highest BCUT2D eigenvalue weighted by Gasteiger charge is 2.09. The topological polar surface area (TPSA) is 199 Å². The van der Waals surface area contributed by atoms with Crippen LogP contribution in [0, 0.1) is 0 Å². The average Bonchev–Trinajstić information content (AvgIpc) is 3.00. The van der Waals surface area contributed by atoms with E-state index in [1.807, 2.05) is 43.3 Å². The van der Waals surface area contributed by atoms with E-state index in [4.69, 9.17) is 27.4 Å². The van der Waals surface area contributed by atoms with Gasteiger partial charge in [-0.2, -0.15) is 0 Å². The number of carbonyl (C=O) groups is 4. The molecule has 0 aliphatic rings. The molecule has 0 aliphatic heterocycles. The first-order valence-electron chi connectivity index (χ1n) is 14.2. The maximum Gasteiger partial charge on any atom is 0.320 e. The molecule has 3 aromatic rings. The lowest BCUT2D eigenvalue weighted by Gasteiger charge is -2.03. The molecule has 0 bridgehead atoms. The lowest BCUT2D eigenvalue weighted by Crippen LogP contribution is -2.29. The predicted molar refractivity (Wildman–Crippen MR) is 171 cm³/mol. The van der Waals surface area contributed by atoms with Crippen LogP contribution in [0.3, 0.4) is 0 Å². The first kappa shape index (κ1) is 38.6. The lowest BCUT2D eigenvalue weighted by atomic mass is 10.1. The Bertz CT molecular complexity index is 1160. The fraction of sp³-hybridized carbons (Fsp3) is 0.333. The third kappa shape index (κ3) is 22.0. The summed E-state index contributed by atoms with van der Waals surface area (Å²) in [7, 11) is 0. The molecule has 1 unspecified atom stereocenters. The number of hydrogen-bond donors (Lipinski definition) is 6. The number of carbonyl (C=O) groups excluding carboxylic acids is 2. The molecule has 3 rings (SSSR count). The summed E-state index contributed by atoms with van der Waals surface area (Å²) in [5.74, 6) is -1.71. The number of unbranched alkanes of at least 4 members (excludes halogenated alkanes) is 1. The third-order valence-electron chi connectivity index (χ3n) is 5.57. The first-order valence-corrected chi connectivity index (χ1v) is 14.2. The number of aldehydes is 1. The molecule has 1 amide bonds. The van der Waals surface area contributed by atoms with Crippen molar-refractivity contribution in [3.63, 3.8) is 0 Å². The van der Waals surface area contributed by atoms with Crippen molar-refractivity contribution in [2.75, 3.05) is 18.4 Å². The highest BCUT2D eigenvalue weighted by atomic mass is 16.4. The number of anilines is 1. The van der Waals surface area contributed by atoms with Crippen molar-refractivity contribution in [3.8, 4) is 0 Å². The molecule has 0 saturated heterocycles. The van der Waals surface area contributed by atoms with Crippen LogP contribution in [-0.4, -0.2) is 53.5 Å². The summed E-state index contributed by atoms with van der Waals surface area (Å²) in [5.41, 5.74) is 19.3. The molecule has 3 aromatic carbocycles. The maximum absolute atomic E-state index is 11.2. The molecule has 0 fully saturated rings. The standard InChI is InChI=1S/C11H13NO2.C8H11N.C8H8O2.C6H14N2O2/c1-2-3-11(14)12-10-6-4-9(8-13)5-7-10;9-7-6-8-4-2-1-3-5-8;9-8(10)6-7-4-2-1-3-5-7;7-4-2-1-3-5(8)6(9)10/h4-8H,2-3H2,1H3,(H,12,14);1-5H,6-7,9H2;1-5H,6H2,(H,9,10);5H,1-4,7-8H2,(H,9,10). The Kier molecular flexibility index (Phi) is 22.8. The highest BCUT2D eigenvalue weighted by molar-refractivity contribution is 5.91. The number of benzene rings is 3. The molecule has 0 aromatic heterocycles. The molecule has 0 saturated carbocycles. The molecule has 0 spiro atoms. The number of nitrogens with one attached hydrogen (secondary N) is 1. The van der Waals surface area contributed by atoms with Crippen LogP contribution in [-0.2, 0) is 27.2 Å². The number of nitrogens with two attached hydrogens (primary N) is 3. The SMILES string of the molecule is CCCC(=O)Nc1ccc(C=O)cc1.NCCCCC(N)C(=O)O.NCCc1ccccc1.O=C(O)Cc1ccccc1. The Balaban J connectivity index is 0.000000556. The summed E-state index contributed by atoms with van der Waals surface area (Å²) in [6, 6.07) is 25.5. The normalized spacial score (nSPS) is 10.2. The van der Waals surface area contributed by atoms with Gasteiger partial charge < -0.3 is 32.7 Å². The van der Waals surface area contributed by atoms with Gasteiger partial charge >= 0.3 is 11.9 Å². The van der Waals surface area contributed by atoms with Crippen LogP contribution in [0.25, 0.3) is 0 Å². The summed E-state index contributed by atoms with van der Waals surface area (Å²) in [6.07, 6.45) is 5.39. The molecule has 10 nitrogen and oxygen atoms in total. The van der Waals surface area contributed by atoms with Crippen molar-refractivity contribution in [1.82, 2.24) is 0 Å². The zero-order valence-electron chi connectivity index (χ0n) is 24.9. The van der Waals surface area contributed by atoms with Gasteiger partial charge in [0.1, 0.15) is 12.3 Å². The fourth-order valence-electron chi connectivity index (χ4n) is 3.31. The van der Waals surface area contributed by atoms with E-state index in [2.05, 4.69) is 17.4 Å². The van der Waals surface area contributed by atoms with Crippen molar-refractivity contribution in [3.05, 3.63) is 102 Å². The molecule has 0 aliphatic carbocycles. The predicted octanol–water partition coefficient (Wildman–Crippen LogP) is 4.27. The Morgan fingerprint density at radius 3 is 1.81 bits per heavy atom. The van der Waals surface area contributed by atoms with Crippen LogP contribution >= 0.6 is 0 Å². The zero-order chi connectivity index (χ0) is 32.3. The van der Waals surface area contributed by atoms with Crippen LogP contribution in [0.1, 0.15) is 60.5 Å². The van der Waals surface area contributed by atoms with Crippen LogP contribution < -0.4 is 22.5 Å². The first-order chi connectivity index (χ1) is 20.7. The van der Waals surface area contributed by atoms with E-state index in [0.717, 1.165) is 49.8 Å². The van der Waals surface area contributed by atoms with Crippen LogP contribution in [0.5, 0.6) is 0 Å². The van der Waals surface area contributed by atoms with Crippen molar-refractivity contribution in [2.24, 2.45) is 17.2 Å². The van der Waals surface area contributed by atoms with Gasteiger partial charge in [0, 0.05) is 17.7 Å². The molecule has 10 heteroatoms.